The highest BCUT2D eigenvalue weighted by molar-refractivity contribution is 7.92. The molecule has 0 aliphatic heterocycles. The number of carbonyl (C=O) groups excluding carboxylic acids is 2. The number of esters is 1. The van der Waals surface area contributed by atoms with Crippen LogP contribution < -0.4 is 4.72 Å². The number of Topliss-reactive ketones (excluding diaryl/α,β-unsaturated/α-hetero) is 1. The van der Waals surface area contributed by atoms with Gasteiger partial charge in [0.05, 0.1) is 13.4 Å². The number of rotatable bonds is 4. The van der Waals surface area contributed by atoms with Crippen LogP contribution in [0.4, 0.5) is 5.69 Å². The first-order chi connectivity index (χ1) is 7.83. The smallest absolute Gasteiger partial charge is 0.379 e. The van der Waals surface area contributed by atoms with Gasteiger partial charge in [-0.25, -0.2) is 13.2 Å². The van der Waals surface area contributed by atoms with Crippen LogP contribution in [0.1, 0.15) is 10.4 Å². The normalized spacial score (nSPS) is 10.7. The average molecular weight is 257 g/mol. The molecule has 6 nitrogen and oxygen atoms in total. The summed E-state index contributed by atoms with van der Waals surface area (Å²) in [5.74, 6) is -1.74. The minimum atomic E-state index is -3.36. The number of hydrogen-bond acceptors (Lipinski definition) is 5. The van der Waals surface area contributed by atoms with Crippen LogP contribution in [-0.2, 0) is 19.6 Å². The Kier molecular flexibility index (Phi) is 3.84. The topological polar surface area (TPSA) is 89.5 Å². The summed E-state index contributed by atoms with van der Waals surface area (Å²) in [6.07, 6.45) is 1.01. The van der Waals surface area contributed by atoms with Gasteiger partial charge in [-0.3, -0.25) is 9.52 Å². The summed E-state index contributed by atoms with van der Waals surface area (Å²) < 4.78 is 28.4. The maximum atomic E-state index is 11.4. The van der Waals surface area contributed by atoms with Gasteiger partial charge in [0, 0.05) is 11.3 Å². The maximum Gasteiger partial charge on any atom is 0.379 e. The van der Waals surface area contributed by atoms with E-state index in [1.807, 2.05) is 0 Å². The standard InChI is InChI=1S/C10H11NO5S/c1-16-10(13)9(12)7-3-5-8(6-4-7)11-17(2,14)15/h3-6,11H,1-2H3. The Balaban J connectivity index is 2.89. The highest BCUT2D eigenvalue weighted by atomic mass is 32.2. The highest BCUT2D eigenvalue weighted by Crippen LogP contribution is 2.11. The molecule has 0 radical (unpaired) electrons. The Labute approximate surface area is 98.6 Å². The van der Waals surface area contributed by atoms with E-state index in [2.05, 4.69) is 9.46 Å². The van der Waals surface area contributed by atoms with E-state index < -0.39 is 21.8 Å². The first kappa shape index (κ1) is 13.2. The fourth-order valence-electron chi connectivity index (χ4n) is 1.11. The molecular formula is C10H11NO5S. The van der Waals surface area contributed by atoms with Crippen molar-refractivity contribution < 1.29 is 22.7 Å². The third kappa shape index (κ3) is 3.87. The number of sulfonamides is 1. The van der Waals surface area contributed by atoms with Crippen LogP contribution in [0.25, 0.3) is 0 Å². The van der Waals surface area contributed by atoms with Gasteiger partial charge < -0.3 is 4.74 Å². The van der Waals surface area contributed by atoms with Crippen molar-refractivity contribution in [1.29, 1.82) is 0 Å². The van der Waals surface area contributed by atoms with Crippen LogP contribution in [0.3, 0.4) is 0 Å². The molecule has 92 valence electrons. The Morgan fingerprint density at radius 3 is 2.12 bits per heavy atom. The minimum Gasteiger partial charge on any atom is -0.463 e. The third-order valence-corrected chi connectivity index (χ3v) is 2.43. The van der Waals surface area contributed by atoms with E-state index in [9.17, 15) is 18.0 Å². The summed E-state index contributed by atoms with van der Waals surface area (Å²) in [7, 11) is -2.25. The number of anilines is 1. The Hall–Kier alpha value is -1.89. The van der Waals surface area contributed by atoms with E-state index in [0.717, 1.165) is 13.4 Å². The van der Waals surface area contributed by atoms with Crippen molar-refractivity contribution >= 4 is 27.5 Å². The molecule has 0 fully saturated rings. The van der Waals surface area contributed by atoms with Crippen LogP contribution >= 0.6 is 0 Å². The fourth-order valence-corrected chi connectivity index (χ4v) is 1.68. The molecule has 0 saturated heterocycles. The molecule has 0 saturated carbocycles. The molecular weight excluding hydrogens is 246 g/mol. The molecule has 17 heavy (non-hydrogen) atoms. The first-order valence-electron chi connectivity index (χ1n) is 4.54. The molecule has 0 amide bonds. The van der Waals surface area contributed by atoms with Crippen LogP contribution in [0.15, 0.2) is 24.3 Å². The summed E-state index contributed by atoms with van der Waals surface area (Å²) in [6, 6.07) is 5.45. The molecule has 0 unspecified atom stereocenters. The highest BCUT2D eigenvalue weighted by Gasteiger charge is 2.16. The van der Waals surface area contributed by atoms with Gasteiger partial charge in [-0.05, 0) is 24.3 Å². The Morgan fingerprint density at radius 2 is 1.71 bits per heavy atom. The predicted octanol–water partition coefficient (Wildman–Crippen LogP) is 0.414. The summed E-state index contributed by atoms with van der Waals surface area (Å²) in [5, 5.41) is 0. The zero-order valence-corrected chi connectivity index (χ0v) is 10.1. The Bertz CT molecular complexity index is 532. The van der Waals surface area contributed by atoms with Gasteiger partial charge in [-0.2, -0.15) is 0 Å². The van der Waals surface area contributed by atoms with Crippen molar-refractivity contribution in [3.63, 3.8) is 0 Å². The molecule has 7 heteroatoms. The molecule has 1 rings (SSSR count). The fraction of sp³-hybridized carbons (Fsp3) is 0.200. The van der Waals surface area contributed by atoms with Gasteiger partial charge in [0.25, 0.3) is 5.78 Å². The molecule has 1 aromatic carbocycles. The lowest BCUT2D eigenvalue weighted by Gasteiger charge is -2.04. The lowest BCUT2D eigenvalue weighted by atomic mass is 10.1. The second-order valence-electron chi connectivity index (χ2n) is 3.27. The zero-order chi connectivity index (χ0) is 13.1. The Morgan fingerprint density at radius 1 is 1.18 bits per heavy atom. The lowest BCUT2D eigenvalue weighted by molar-refractivity contribution is -0.135. The third-order valence-electron chi connectivity index (χ3n) is 1.82. The van der Waals surface area contributed by atoms with E-state index in [1.54, 1.807) is 0 Å². The molecule has 0 spiro atoms. The van der Waals surface area contributed by atoms with Gasteiger partial charge in [0.2, 0.25) is 10.0 Å². The van der Waals surface area contributed by atoms with Crippen molar-refractivity contribution in [2.45, 2.75) is 0 Å². The second kappa shape index (κ2) is 4.96. The quantitative estimate of drug-likeness (QED) is 0.479. The number of ketones is 1. The van der Waals surface area contributed by atoms with Crippen molar-refractivity contribution in [3.8, 4) is 0 Å². The number of ether oxygens (including phenoxy) is 1. The first-order valence-corrected chi connectivity index (χ1v) is 6.43. The number of benzene rings is 1. The van der Waals surface area contributed by atoms with Crippen LogP contribution in [0.2, 0.25) is 0 Å². The number of hydrogen-bond donors (Lipinski definition) is 1. The number of methoxy groups -OCH3 is 1. The molecule has 0 heterocycles. The van der Waals surface area contributed by atoms with Gasteiger partial charge in [0.15, 0.2) is 0 Å². The van der Waals surface area contributed by atoms with Crippen molar-refractivity contribution in [3.05, 3.63) is 29.8 Å². The van der Waals surface area contributed by atoms with E-state index in [0.29, 0.717) is 5.69 Å². The van der Waals surface area contributed by atoms with E-state index in [-0.39, 0.29) is 5.56 Å². The van der Waals surface area contributed by atoms with Crippen molar-refractivity contribution in [2.75, 3.05) is 18.1 Å². The van der Waals surface area contributed by atoms with E-state index in [4.69, 9.17) is 0 Å². The summed E-state index contributed by atoms with van der Waals surface area (Å²) in [5.41, 5.74) is 0.449. The maximum absolute atomic E-state index is 11.4. The van der Waals surface area contributed by atoms with Crippen LogP contribution in [0, 0.1) is 0 Å². The van der Waals surface area contributed by atoms with Crippen molar-refractivity contribution in [1.82, 2.24) is 0 Å². The van der Waals surface area contributed by atoms with E-state index in [1.165, 1.54) is 24.3 Å². The van der Waals surface area contributed by atoms with Crippen LogP contribution in [-0.4, -0.2) is 33.5 Å². The SMILES string of the molecule is COC(=O)C(=O)c1ccc(NS(C)(=O)=O)cc1. The zero-order valence-electron chi connectivity index (χ0n) is 9.26. The molecule has 0 aliphatic rings. The summed E-state index contributed by atoms with van der Waals surface area (Å²) in [6.45, 7) is 0. The number of nitrogens with one attached hydrogen (secondary N) is 1. The van der Waals surface area contributed by atoms with Crippen molar-refractivity contribution in [2.24, 2.45) is 0 Å². The van der Waals surface area contributed by atoms with Gasteiger partial charge in [-0.15, -0.1) is 0 Å². The van der Waals surface area contributed by atoms with Gasteiger partial charge >= 0.3 is 5.97 Å². The molecule has 0 aliphatic carbocycles. The van der Waals surface area contributed by atoms with Gasteiger partial charge in [0.1, 0.15) is 0 Å². The molecule has 1 N–H and O–H groups in total. The van der Waals surface area contributed by atoms with Gasteiger partial charge in [-0.1, -0.05) is 0 Å². The molecule has 1 aromatic rings. The van der Waals surface area contributed by atoms with E-state index >= 15 is 0 Å². The molecule has 0 aromatic heterocycles. The molecule has 0 atom stereocenters. The molecule has 0 bridgehead atoms. The average Bonchev–Trinajstić information content (AvgIpc) is 2.26. The lowest BCUT2D eigenvalue weighted by Crippen LogP contribution is -2.15. The number of carbonyl (C=O) groups is 2. The second-order valence-corrected chi connectivity index (χ2v) is 5.02. The predicted molar refractivity (Wildman–Crippen MR) is 61.3 cm³/mol. The monoisotopic (exact) mass is 257 g/mol. The minimum absolute atomic E-state index is 0.135. The van der Waals surface area contributed by atoms with Crippen LogP contribution in [0.5, 0.6) is 0 Å². The summed E-state index contributed by atoms with van der Waals surface area (Å²) >= 11 is 0. The summed E-state index contributed by atoms with van der Waals surface area (Å²) in [4.78, 5) is 22.3. The largest absolute Gasteiger partial charge is 0.463 e.